The van der Waals surface area contributed by atoms with Gasteiger partial charge in [0.1, 0.15) is 6.61 Å². The van der Waals surface area contributed by atoms with Gasteiger partial charge >= 0.3 is 6.09 Å². The standard InChI is InChI=1S/C31H35N3O2/c1-25(33(22-26-10-4-2-5-11-26)23-27-12-6-3-7-13-27)24-36-31(35)32-19-17-29(18-20-32)34-21-16-28-14-8-9-15-30(28)34/h2-16,21,25,29H,17-20,22-24H2,1H3. The van der Waals surface area contributed by atoms with Gasteiger partial charge in [-0.15, -0.1) is 0 Å². The summed E-state index contributed by atoms with van der Waals surface area (Å²) in [6, 6.07) is 32.1. The molecule has 1 fully saturated rings. The number of benzene rings is 3. The summed E-state index contributed by atoms with van der Waals surface area (Å²) in [7, 11) is 0. The Labute approximate surface area is 213 Å². The van der Waals surface area contributed by atoms with Gasteiger partial charge in [0.25, 0.3) is 0 Å². The predicted octanol–water partition coefficient (Wildman–Crippen LogP) is 6.51. The SMILES string of the molecule is CC(COC(=O)N1CCC(n2ccc3ccccc32)CC1)N(Cc1ccccc1)Cc1ccccc1. The minimum Gasteiger partial charge on any atom is -0.448 e. The lowest BCUT2D eigenvalue weighted by Gasteiger charge is -2.34. The first-order valence-corrected chi connectivity index (χ1v) is 13.0. The van der Waals surface area contributed by atoms with E-state index >= 15 is 0 Å². The molecule has 5 rings (SSSR count). The molecular weight excluding hydrogens is 446 g/mol. The molecule has 5 nitrogen and oxygen atoms in total. The molecule has 3 aromatic carbocycles. The van der Waals surface area contributed by atoms with Crippen molar-refractivity contribution in [1.29, 1.82) is 0 Å². The van der Waals surface area contributed by atoms with Crippen LogP contribution >= 0.6 is 0 Å². The van der Waals surface area contributed by atoms with Crippen LogP contribution in [0, 0.1) is 0 Å². The molecule has 1 saturated heterocycles. The maximum absolute atomic E-state index is 12.9. The highest BCUT2D eigenvalue weighted by Gasteiger charge is 2.26. The van der Waals surface area contributed by atoms with Crippen molar-refractivity contribution in [2.75, 3.05) is 19.7 Å². The number of hydrogen-bond donors (Lipinski definition) is 0. The number of amides is 1. The van der Waals surface area contributed by atoms with Crippen LogP contribution in [0.25, 0.3) is 10.9 Å². The second-order valence-electron chi connectivity index (χ2n) is 9.80. The van der Waals surface area contributed by atoms with Gasteiger partial charge in [-0.05, 0) is 48.4 Å². The Morgan fingerprint density at radius 3 is 2.08 bits per heavy atom. The first-order valence-electron chi connectivity index (χ1n) is 13.0. The van der Waals surface area contributed by atoms with E-state index in [2.05, 4.69) is 101 Å². The number of hydrogen-bond acceptors (Lipinski definition) is 3. The fraction of sp³-hybridized carbons (Fsp3) is 0.323. The van der Waals surface area contributed by atoms with E-state index in [-0.39, 0.29) is 12.1 Å². The van der Waals surface area contributed by atoms with Gasteiger partial charge in [-0.25, -0.2) is 4.79 Å². The van der Waals surface area contributed by atoms with Crippen LogP contribution in [0.3, 0.4) is 0 Å². The van der Waals surface area contributed by atoms with Gasteiger partial charge in [-0.1, -0.05) is 78.9 Å². The third-order valence-electron chi connectivity index (χ3n) is 7.27. The van der Waals surface area contributed by atoms with Gasteiger partial charge in [0.2, 0.25) is 0 Å². The number of aromatic nitrogens is 1. The Morgan fingerprint density at radius 2 is 1.44 bits per heavy atom. The van der Waals surface area contributed by atoms with Crippen molar-refractivity contribution in [3.63, 3.8) is 0 Å². The molecule has 5 heteroatoms. The largest absolute Gasteiger partial charge is 0.448 e. The molecule has 0 aliphatic carbocycles. The van der Waals surface area contributed by atoms with E-state index in [1.807, 2.05) is 17.0 Å². The van der Waals surface area contributed by atoms with Crippen LogP contribution in [0.2, 0.25) is 0 Å². The molecule has 1 aliphatic rings. The van der Waals surface area contributed by atoms with Gasteiger partial charge in [0.15, 0.2) is 0 Å². The summed E-state index contributed by atoms with van der Waals surface area (Å²) in [6.07, 6.45) is 3.87. The third kappa shape index (κ3) is 5.80. The molecule has 186 valence electrons. The Balaban J connectivity index is 1.16. The summed E-state index contributed by atoms with van der Waals surface area (Å²) in [5.74, 6) is 0. The number of carbonyl (C=O) groups excluding carboxylic acids is 1. The highest BCUT2D eigenvalue weighted by Crippen LogP contribution is 2.28. The van der Waals surface area contributed by atoms with Crippen LogP contribution in [0.1, 0.15) is 36.9 Å². The molecular formula is C31H35N3O2. The minimum atomic E-state index is -0.197. The Morgan fingerprint density at radius 1 is 0.861 bits per heavy atom. The molecule has 1 unspecified atom stereocenters. The summed E-state index contributed by atoms with van der Waals surface area (Å²) in [4.78, 5) is 17.2. The molecule has 1 atom stereocenters. The third-order valence-corrected chi connectivity index (χ3v) is 7.27. The zero-order valence-electron chi connectivity index (χ0n) is 21.0. The Hall–Kier alpha value is -3.57. The van der Waals surface area contributed by atoms with E-state index in [4.69, 9.17) is 4.74 Å². The lowest BCUT2D eigenvalue weighted by atomic mass is 10.1. The summed E-state index contributed by atoms with van der Waals surface area (Å²) in [5.41, 5.74) is 3.78. The van der Waals surface area contributed by atoms with Crippen LogP contribution in [0.5, 0.6) is 0 Å². The van der Waals surface area contributed by atoms with Gasteiger partial charge < -0.3 is 14.2 Å². The first kappa shape index (κ1) is 24.1. The number of fused-ring (bicyclic) bond motifs is 1. The van der Waals surface area contributed by atoms with Crippen molar-refractivity contribution in [2.24, 2.45) is 0 Å². The summed E-state index contributed by atoms with van der Waals surface area (Å²) < 4.78 is 8.20. The van der Waals surface area contributed by atoms with Crippen LogP contribution in [0.15, 0.2) is 97.2 Å². The highest BCUT2D eigenvalue weighted by atomic mass is 16.6. The molecule has 36 heavy (non-hydrogen) atoms. The highest BCUT2D eigenvalue weighted by molar-refractivity contribution is 5.80. The van der Waals surface area contributed by atoms with E-state index in [9.17, 15) is 4.79 Å². The average molecular weight is 482 g/mol. The maximum atomic E-state index is 12.9. The lowest BCUT2D eigenvalue weighted by molar-refractivity contribution is 0.0568. The predicted molar refractivity (Wildman–Crippen MR) is 145 cm³/mol. The average Bonchev–Trinajstić information content (AvgIpc) is 3.37. The van der Waals surface area contributed by atoms with Gasteiger partial charge in [-0.2, -0.15) is 0 Å². The van der Waals surface area contributed by atoms with Crippen molar-refractivity contribution in [3.8, 4) is 0 Å². The quantitative estimate of drug-likeness (QED) is 0.288. The van der Waals surface area contributed by atoms with Crippen molar-refractivity contribution in [1.82, 2.24) is 14.4 Å². The summed E-state index contributed by atoms with van der Waals surface area (Å²) in [6.45, 7) is 5.59. The molecule has 1 amide bonds. The number of likely N-dealkylation sites (tertiary alicyclic amines) is 1. The first-order chi connectivity index (χ1) is 17.7. The fourth-order valence-electron chi connectivity index (χ4n) is 5.14. The van der Waals surface area contributed by atoms with Gasteiger partial charge in [0, 0.05) is 50.0 Å². The smallest absolute Gasteiger partial charge is 0.409 e. The summed E-state index contributed by atoms with van der Waals surface area (Å²) >= 11 is 0. The van der Waals surface area contributed by atoms with Crippen molar-refractivity contribution in [3.05, 3.63) is 108 Å². The van der Waals surface area contributed by atoms with Gasteiger partial charge in [0.05, 0.1) is 0 Å². The molecule has 0 bridgehead atoms. The van der Waals surface area contributed by atoms with Crippen molar-refractivity contribution < 1.29 is 9.53 Å². The zero-order chi connectivity index (χ0) is 24.7. The van der Waals surface area contributed by atoms with Crippen molar-refractivity contribution >= 4 is 17.0 Å². The van der Waals surface area contributed by atoms with Crippen LogP contribution < -0.4 is 0 Å². The Kier molecular flexibility index (Phi) is 7.67. The van der Waals surface area contributed by atoms with E-state index in [1.165, 1.54) is 22.0 Å². The maximum Gasteiger partial charge on any atom is 0.409 e. The number of para-hydroxylation sites is 1. The molecule has 4 aromatic rings. The number of rotatable bonds is 8. The van der Waals surface area contributed by atoms with Crippen LogP contribution in [-0.2, 0) is 17.8 Å². The van der Waals surface area contributed by atoms with E-state index in [0.29, 0.717) is 12.6 Å². The summed E-state index contributed by atoms with van der Waals surface area (Å²) in [5, 5.41) is 1.27. The number of ether oxygens (including phenoxy) is 1. The molecule has 1 aliphatic heterocycles. The second-order valence-corrected chi connectivity index (χ2v) is 9.80. The van der Waals surface area contributed by atoms with E-state index in [1.54, 1.807) is 0 Å². The fourth-order valence-corrected chi connectivity index (χ4v) is 5.14. The molecule has 1 aromatic heterocycles. The molecule has 0 saturated carbocycles. The molecule has 2 heterocycles. The Bertz CT molecular complexity index is 1210. The monoisotopic (exact) mass is 481 g/mol. The van der Waals surface area contributed by atoms with Crippen molar-refractivity contribution in [2.45, 2.75) is 44.9 Å². The van der Waals surface area contributed by atoms with Gasteiger partial charge in [-0.3, -0.25) is 4.90 Å². The second kappa shape index (κ2) is 11.4. The lowest BCUT2D eigenvalue weighted by Crippen LogP contribution is -2.42. The minimum absolute atomic E-state index is 0.0955. The normalized spacial score (nSPS) is 15.3. The van der Waals surface area contributed by atoms with E-state index in [0.717, 1.165) is 39.0 Å². The number of nitrogens with zero attached hydrogens (tertiary/aromatic N) is 3. The number of piperidine rings is 1. The van der Waals surface area contributed by atoms with E-state index < -0.39 is 0 Å². The van der Waals surface area contributed by atoms with Crippen LogP contribution in [0.4, 0.5) is 4.79 Å². The molecule has 0 N–H and O–H groups in total. The molecule has 0 radical (unpaired) electrons. The topological polar surface area (TPSA) is 37.7 Å². The molecule has 0 spiro atoms. The van der Waals surface area contributed by atoms with Crippen LogP contribution in [-0.4, -0.2) is 46.2 Å². The zero-order valence-corrected chi connectivity index (χ0v) is 21.0. The number of carbonyl (C=O) groups is 1.